The van der Waals surface area contributed by atoms with Gasteiger partial charge in [-0.15, -0.1) is 0 Å². The van der Waals surface area contributed by atoms with Crippen LogP contribution in [0.3, 0.4) is 0 Å². The Morgan fingerprint density at radius 2 is 1.58 bits per heavy atom. The highest BCUT2D eigenvalue weighted by molar-refractivity contribution is 5.89. The van der Waals surface area contributed by atoms with Gasteiger partial charge in [-0.05, 0) is 23.3 Å². The van der Waals surface area contributed by atoms with Crippen LogP contribution >= 0.6 is 0 Å². The number of ether oxygens (including phenoxy) is 1. The first-order chi connectivity index (χ1) is 12.5. The standard InChI is InChI=1S/C21H18FNO3/c22-17-12-7-13-18(26-14-15-8-3-1-4-9-15)19(17)21(25,20(23)24)16-10-5-2-6-11-16/h1-13,25H,14H2,(H2,23,24). The highest BCUT2D eigenvalue weighted by atomic mass is 19.1. The predicted molar refractivity (Wildman–Crippen MR) is 95.8 cm³/mol. The summed E-state index contributed by atoms with van der Waals surface area (Å²) in [4.78, 5) is 12.2. The number of carbonyl (C=O) groups excluding carboxylic acids is 1. The highest BCUT2D eigenvalue weighted by Crippen LogP contribution is 2.37. The topological polar surface area (TPSA) is 72.6 Å². The summed E-state index contributed by atoms with van der Waals surface area (Å²) in [5.74, 6) is -1.81. The molecule has 0 spiro atoms. The quantitative estimate of drug-likeness (QED) is 0.717. The zero-order chi connectivity index (χ0) is 18.6. The maximum absolute atomic E-state index is 14.7. The highest BCUT2D eigenvalue weighted by Gasteiger charge is 2.43. The SMILES string of the molecule is NC(=O)C(O)(c1ccccc1)c1c(F)cccc1OCc1ccccc1. The van der Waals surface area contributed by atoms with Crippen molar-refractivity contribution in [2.45, 2.75) is 12.2 Å². The number of rotatable bonds is 6. The van der Waals surface area contributed by atoms with Crippen molar-refractivity contribution in [3.63, 3.8) is 0 Å². The van der Waals surface area contributed by atoms with Crippen molar-refractivity contribution < 1.29 is 19.0 Å². The van der Waals surface area contributed by atoms with Gasteiger partial charge in [-0.2, -0.15) is 0 Å². The second-order valence-electron chi connectivity index (χ2n) is 5.83. The summed E-state index contributed by atoms with van der Waals surface area (Å²) in [6.45, 7) is 0.154. The van der Waals surface area contributed by atoms with E-state index in [4.69, 9.17) is 10.5 Å². The van der Waals surface area contributed by atoms with E-state index in [1.807, 2.05) is 30.3 Å². The van der Waals surface area contributed by atoms with Crippen LogP contribution in [0.4, 0.5) is 4.39 Å². The first-order valence-corrected chi connectivity index (χ1v) is 8.07. The molecule has 132 valence electrons. The average Bonchev–Trinajstić information content (AvgIpc) is 2.67. The van der Waals surface area contributed by atoms with E-state index in [0.717, 1.165) is 11.6 Å². The van der Waals surface area contributed by atoms with Gasteiger partial charge in [0.1, 0.15) is 18.2 Å². The van der Waals surface area contributed by atoms with Gasteiger partial charge in [-0.3, -0.25) is 4.79 Å². The average molecular weight is 351 g/mol. The summed E-state index contributed by atoms with van der Waals surface area (Å²) in [6.07, 6.45) is 0. The molecule has 1 atom stereocenters. The maximum atomic E-state index is 14.7. The molecule has 0 radical (unpaired) electrons. The Bertz CT molecular complexity index is 900. The lowest BCUT2D eigenvalue weighted by Gasteiger charge is -2.28. The molecule has 0 heterocycles. The van der Waals surface area contributed by atoms with E-state index in [0.29, 0.717) is 0 Å². The van der Waals surface area contributed by atoms with Gasteiger partial charge < -0.3 is 15.6 Å². The molecule has 3 N–H and O–H groups in total. The zero-order valence-electron chi connectivity index (χ0n) is 13.9. The van der Waals surface area contributed by atoms with Gasteiger partial charge in [0.25, 0.3) is 5.91 Å². The van der Waals surface area contributed by atoms with Gasteiger partial charge in [0, 0.05) is 0 Å². The van der Waals surface area contributed by atoms with Crippen molar-refractivity contribution in [2.24, 2.45) is 5.73 Å². The van der Waals surface area contributed by atoms with E-state index in [2.05, 4.69) is 0 Å². The number of hydrogen-bond acceptors (Lipinski definition) is 3. The van der Waals surface area contributed by atoms with Crippen LogP contribution in [0.2, 0.25) is 0 Å². The van der Waals surface area contributed by atoms with Crippen LogP contribution in [-0.2, 0) is 17.0 Å². The van der Waals surface area contributed by atoms with Crippen molar-refractivity contribution in [1.82, 2.24) is 0 Å². The first-order valence-electron chi connectivity index (χ1n) is 8.07. The van der Waals surface area contributed by atoms with Gasteiger partial charge in [-0.1, -0.05) is 66.7 Å². The zero-order valence-corrected chi connectivity index (χ0v) is 13.9. The van der Waals surface area contributed by atoms with Gasteiger partial charge in [0.15, 0.2) is 5.60 Å². The Balaban J connectivity index is 2.06. The monoisotopic (exact) mass is 351 g/mol. The number of amides is 1. The third-order valence-electron chi connectivity index (χ3n) is 4.12. The Labute approximate surface area is 150 Å². The molecule has 0 bridgehead atoms. The first kappa shape index (κ1) is 17.6. The van der Waals surface area contributed by atoms with Gasteiger partial charge in [0.05, 0.1) is 5.56 Å². The van der Waals surface area contributed by atoms with Crippen molar-refractivity contribution in [3.05, 3.63) is 101 Å². The number of aliphatic hydroxyl groups is 1. The molecule has 0 fully saturated rings. The molecule has 1 unspecified atom stereocenters. The Morgan fingerprint density at radius 1 is 0.962 bits per heavy atom. The van der Waals surface area contributed by atoms with Gasteiger partial charge in [0.2, 0.25) is 0 Å². The summed E-state index contributed by atoms with van der Waals surface area (Å²) >= 11 is 0. The van der Waals surface area contributed by atoms with Crippen molar-refractivity contribution in [2.75, 3.05) is 0 Å². The minimum Gasteiger partial charge on any atom is -0.488 e. The third-order valence-corrected chi connectivity index (χ3v) is 4.12. The van der Waals surface area contributed by atoms with Crippen molar-refractivity contribution in [3.8, 4) is 5.75 Å². The van der Waals surface area contributed by atoms with Crippen LogP contribution in [0.5, 0.6) is 5.75 Å². The van der Waals surface area contributed by atoms with E-state index in [-0.39, 0.29) is 23.5 Å². The van der Waals surface area contributed by atoms with Crippen LogP contribution in [0.25, 0.3) is 0 Å². The summed E-state index contributed by atoms with van der Waals surface area (Å²) in [6, 6.07) is 21.4. The van der Waals surface area contributed by atoms with E-state index >= 15 is 0 Å². The van der Waals surface area contributed by atoms with E-state index in [9.17, 15) is 14.3 Å². The molecule has 0 saturated heterocycles. The molecule has 5 heteroatoms. The van der Waals surface area contributed by atoms with E-state index < -0.39 is 17.3 Å². The molecular formula is C21H18FNO3. The predicted octanol–water partition coefficient (Wildman–Crippen LogP) is 3.13. The van der Waals surface area contributed by atoms with Crippen molar-refractivity contribution >= 4 is 5.91 Å². The van der Waals surface area contributed by atoms with E-state index in [1.165, 1.54) is 24.3 Å². The summed E-state index contributed by atoms with van der Waals surface area (Å²) in [7, 11) is 0. The van der Waals surface area contributed by atoms with Gasteiger partial charge >= 0.3 is 0 Å². The molecule has 0 aliphatic carbocycles. The summed E-state index contributed by atoms with van der Waals surface area (Å²) in [5, 5.41) is 11.1. The smallest absolute Gasteiger partial charge is 0.259 e. The molecule has 3 rings (SSSR count). The number of halogens is 1. The lowest BCUT2D eigenvalue weighted by Crippen LogP contribution is -2.43. The minimum atomic E-state index is -2.35. The number of primary amides is 1. The Morgan fingerprint density at radius 3 is 2.19 bits per heavy atom. The maximum Gasteiger partial charge on any atom is 0.259 e. The van der Waals surface area contributed by atoms with Crippen LogP contribution in [0.1, 0.15) is 16.7 Å². The molecule has 0 aliphatic rings. The molecular weight excluding hydrogens is 333 g/mol. The van der Waals surface area contributed by atoms with Crippen molar-refractivity contribution in [1.29, 1.82) is 0 Å². The number of nitrogens with two attached hydrogens (primary N) is 1. The van der Waals surface area contributed by atoms with E-state index in [1.54, 1.807) is 18.2 Å². The summed E-state index contributed by atoms with van der Waals surface area (Å²) < 4.78 is 20.4. The van der Waals surface area contributed by atoms with Crippen LogP contribution in [0.15, 0.2) is 78.9 Å². The molecule has 0 saturated carbocycles. The molecule has 26 heavy (non-hydrogen) atoms. The Hall–Kier alpha value is -3.18. The number of benzene rings is 3. The molecule has 0 aliphatic heterocycles. The second kappa shape index (κ2) is 7.37. The molecule has 1 amide bonds. The largest absolute Gasteiger partial charge is 0.488 e. The lowest BCUT2D eigenvalue weighted by atomic mass is 9.84. The fraction of sp³-hybridized carbons (Fsp3) is 0.0952. The summed E-state index contributed by atoms with van der Waals surface area (Å²) in [5.41, 5.74) is 3.86. The van der Waals surface area contributed by atoms with Crippen LogP contribution < -0.4 is 10.5 Å². The van der Waals surface area contributed by atoms with Crippen LogP contribution in [0, 0.1) is 5.82 Å². The van der Waals surface area contributed by atoms with Crippen LogP contribution in [-0.4, -0.2) is 11.0 Å². The minimum absolute atomic E-state index is 0.0546. The fourth-order valence-corrected chi connectivity index (χ4v) is 2.80. The number of carbonyl (C=O) groups is 1. The lowest BCUT2D eigenvalue weighted by molar-refractivity contribution is -0.133. The molecule has 3 aromatic rings. The molecule has 3 aromatic carbocycles. The molecule has 4 nitrogen and oxygen atoms in total. The second-order valence-corrected chi connectivity index (χ2v) is 5.83. The van der Waals surface area contributed by atoms with Gasteiger partial charge in [-0.25, -0.2) is 4.39 Å². The fourth-order valence-electron chi connectivity index (χ4n) is 2.80. The third kappa shape index (κ3) is 3.30. The Kier molecular flexibility index (Phi) is 5.00. The molecule has 0 aromatic heterocycles. The number of hydrogen-bond donors (Lipinski definition) is 2. The normalized spacial score (nSPS) is 13.0.